The Labute approximate surface area is 127 Å². The zero-order chi connectivity index (χ0) is 15.4. The number of hydrogen-bond donors (Lipinski definition) is 1. The van der Waals surface area contributed by atoms with Gasteiger partial charge in [-0.05, 0) is 36.2 Å². The lowest BCUT2D eigenvalue weighted by Crippen LogP contribution is -2.08. The van der Waals surface area contributed by atoms with Crippen LogP contribution < -0.4 is 5.32 Å². The molecule has 3 aromatic rings. The monoisotopic (exact) mass is 292 g/mol. The molecule has 0 saturated carbocycles. The number of fused-ring (bicyclic) bond motifs is 1. The third-order valence-electron chi connectivity index (χ3n) is 3.42. The summed E-state index contributed by atoms with van der Waals surface area (Å²) in [6.07, 6.45) is 2.13. The van der Waals surface area contributed by atoms with Gasteiger partial charge in [-0.25, -0.2) is 14.4 Å². The van der Waals surface area contributed by atoms with Crippen LogP contribution in [0.1, 0.15) is 11.1 Å². The summed E-state index contributed by atoms with van der Waals surface area (Å²) >= 11 is 0. The summed E-state index contributed by atoms with van der Waals surface area (Å²) in [5.41, 5.74) is 2.06. The summed E-state index contributed by atoms with van der Waals surface area (Å²) in [7, 11) is 0. The van der Waals surface area contributed by atoms with E-state index in [1.807, 2.05) is 30.3 Å². The second-order valence-corrected chi connectivity index (χ2v) is 4.83. The number of hydrogen-bond acceptors (Lipinski definition) is 4. The average molecular weight is 292 g/mol. The highest BCUT2D eigenvalue weighted by molar-refractivity contribution is 5.88. The Morgan fingerprint density at radius 2 is 2.00 bits per heavy atom. The third-order valence-corrected chi connectivity index (χ3v) is 3.42. The average Bonchev–Trinajstić information content (AvgIpc) is 2.56. The number of para-hydroxylation sites is 1. The van der Waals surface area contributed by atoms with Gasteiger partial charge in [-0.1, -0.05) is 18.2 Å². The minimum Gasteiger partial charge on any atom is -0.369 e. The quantitative estimate of drug-likeness (QED) is 0.801. The Morgan fingerprint density at radius 3 is 2.86 bits per heavy atom. The van der Waals surface area contributed by atoms with E-state index in [2.05, 4.69) is 15.3 Å². The lowest BCUT2D eigenvalue weighted by Gasteiger charge is -2.09. The SMILES string of the molecule is N#Cc1cc(F)ccc1CCNc1ncnc2ccccc12. The van der Waals surface area contributed by atoms with E-state index in [-0.39, 0.29) is 0 Å². The second kappa shape index (κ2) is 6.19. The van der Waals surface area contributed by atoms with Crippen molar-refractivity contribution < 1.29 is 4.39 Å². The van der Waals surface area contributed by atoms with Crippen LogP contribution in [0.3, 0.4) is 0 Å². The van der Waals surface area contributed by atoms with Gasteiger partial charge in [-0.2, -0.15) is 5.26 Å². The van der Waals surface area contributed by atoms with Crippen molar-refractivity contribution in [1.82, 2.24) is 9.97 Å². The summed E-state index contributed by atoms with van der Waals surface area (Å²) in [5.74, 6) is 0.362. The van der Waals surface area contributed by atoms with Crippen LogP contribution >= 0.6 is 0 Å². The highest BCUT2D eigenvalue weighted by Crippen LogP contribution is 2.18. The molecule has 1 aromatic heterocycles. The molecule has 0 fully saturated rings. The van der Waals surface area contributed by atoms with Gasteiger partial charge in [0.15, 0.2) is 0 Å². The van der Waals surface area contributed by atoms with Crippen molar-refractivity contribution in [2.45, 2.75) is 6.42 Å². The first-order valence-corrected chi connectivity index (χ1v) is 6.90. The number of halogens is 1. The Balaban J connectivity index is 1.74. The molecular weight excluding hydrogens is 279 g/mol. The van der Waals surface area contributed by atoms with Crippen molar-refractivity contribution in [3.8, 4) is 6.07 Å². The van der Waals surface area contributed by atoms with E-state index in [9.17, 15) is 4.39 Å². The van der Waals surface area contributed by atoms with E-state index in [4.69, 9.17) is 5.26 Å². The topological polar surface area (TPSA) is 61.6 Å². The number of nitrogens with one attached hydrogen (secondary N) is 1. The Bertz CT molecular complexity index is 849. The molecule has 0 spiro atoms. The van der Waals surface area contributed by atoms with Gasteiger partial charge in [0.25, 0.3) is 0 Å². The van der Waals surface area contributed by atoms with Crippen molar-refractivity contribution in [2.75, 3.05) is 11.9 Å². The molecule has 3 rings (SSSR count). The molecule has 0 aliphatic heterocycles. The fourth-order valence-corrected chi connectivity index (χ4v) is 2.33. The van der Waals surface area contributed by atoms with E-state index in [1.54, 1.807) is 6.07 Å². The number of nitriles is 1. The van der Waals surface area contributed by atoms with Gasteiger partial charge in [-0.15, -0.1) is 0 Å². The Kier molecular flexibility index (Phi) is 3.92. The molecule has 0 aliphatic carbocycles. The van der Waals surface area contributed by atoms with E-state index < -0.39 is 5.82 Å². The van der Waals surface area contributed by atoms with E-state index in [1.165, 1.54) is 18.5 Å². The van der Waals surface area contributed by atoms with E-state index >= 15 is 0 Å². The van der Waals surface area contributed by atoms with Gasteiger partial charge in [0.05, 0.1) is 17.1 Å². The maximum absolute atomic E-state index is 13.1. The summed E-state index contributed by atoms with van der Waals surface area (Å²) in [6.45, 7) is 0.599. The van der Waals surface area contributed by atoms with Crippen molar-refractivity contribution >= 4 is 16.7 Å². The Morgan fingerprint density at radius 1 is 1.14 bits per heavy atom. The van der Waals surface area contributed by atoms with Crippen LogP contribution in [0.2, 0.25) is 0 Å². The second-order valence-electron chi connectivity index (χ2n) is 4.83. The van der Waals surface area contributed by atoms with Crippen molar-refractivity contribution in [3.63, 3.8) is 0 Å². The number of rotatable bonds is 4. The number of aromatic nitrogens is 2. The summed E-state index contributed by atoms with van der Waals surface area (Å²) in [6, 6.07) is 14.0. The first kappa shape index (κ1) is 14.0. The largest absolute Gasteiger partial charge is 0.369 e. The summed E-state index contributed by atoms with van der Waals surface area (Å²) in [5, 5.41) is 13.2. The van der Waals surface area contributed by atoms with Gasteiger partial charge in [0, 0.05) is 11.9 Å². The maximum atomic E-state index is 13.1. The highest BCUT2D eigenvalue weighted by atomic mass is 19.1. The predicted molar refractivity (Wildman–Crippen MR) is 82.8 cm³/mol. The van der Waals surface area contributed by atoms with Gasteiger partial charge in [0.2, 0.25) is 0 Å². The molecule has 0 atom stereocenters. The number of anilines is 1. The third kappa shape index (κ3) is 2.86. The first-order chi connectivity index (χ1) is 10.8. The molecule has 0 saturated heterocycles. The van der Waals surface area contributed by atoms with E-state index in [0.29, 0.717) is 18.5 Å². The van der Waals surface area contributed by atoms with Crippen LogP contribution in [0.25, 0.3) is 10.9 Å². The molecule has 2 aromatic carbocycles. The molecule has 0 aliphatic rings. The zero-order valence-electron chi connectivity index (χ0n) is 11.8. The molecule has 0 amide bonds. The maximum Gasteiger partial charge on any atom is 0.137 e. The molecule has 1 N–H and O–H groups in total. The standard InChI is InChI=1S/C17H13FN4/c18-14-6-5-12(13(9-14)10-19)7-8-20-17-15-3-1-2-4-16(15)21-11-22-17/h1-6,9,11H,7-8H2,(H,20,21,22). The molecule has 22 heavy (non-hydrogen) atoms. The van der Waals surface area contributed by atoms with Gasteiger partial charge in [0.1, 0.15) is 18.0 Å². The first-order valence-electron chi connectivity index (χ1n) is 6.90. The van der Waals surface area contributed by atoms with Crippen LogP contribution in [-0.2, 0) is 6.42 Å². The minimum atomic E-state index is -0.393. The minimum absolute atomic E-state index is 0.370. The van der Waals surface area contributed by atoms with Crippen molar-refractivity contribution in [1.29, 1.82) is 5.26 Å². The molecule has 108 valence electrons. The van der Waals surface area contributed by atoms with Crippen molar-refractivity contribution in [2.24, 2.45) is 0 Å². The van der Waals surface area contributed by atoms with E-state index in [0.717, 1.165) is 22.3 Å². The summed E-state index contributed by atoms with van der Waals surface area (Å²) < 4.78 is 13.1. The fourth-order valence-electron chi connectivity index (χ4n) is 2.33. The molecule has 5 heteroatoms. The van der Waals surface area contributed by atoms with Crippen molar-refractivity contribution in [3.05, 3.63) is 65.7 Å². The molecule has 0 unspecified atom stereocenters. The fraction of sp³-hybridized carbons (Fsp3) is 0.118. The normalized spacial score (nSPS) is 10.4. The van der Waals surface area contributed by atoms with Crippen LogP contribution in [0.5, 0.6) is 0 Å². The predicted octanol–water partition coefficient (Wildman–Crippen LogP) is 3.30. The highest BCUT2D eigenvalue weighted by Gasteiger charge is 2.05. The summed E-state index contributed by atoms with van der Waals surface area (Å²) in [4.78, 5) is 8.46. The molecule has 0 radical (unpaired) electrons. The lowest BCUT2D eigenvalue weighted by molar-refractivity contribution is 0.626. The van der Waals surface area contributed by atoms with Crippen LogP contribution in [0.15, 0.2) is 48.8 Å². The van der Waals surface area contributed by atoms with Crippen LogP contribution in [0, 0.1) is 17.1 Å². The van der Waals surface area contributed by atoms with Crippen LogP contribution in [-0.4, -0.2) is 16.5 Å². The molecule has 4 nitrogen and oxygen atoms in total. The molecular formula is C17H13FN4. The van der Waals surface area contributed by atoms with Gasteiger partial charge >= 0.3 is 0 Å². The van der Waals surface area contributed by atoms with Crippen LogP contribution in [0.4, 0.5) is 10.2 Å². The number of benzene rings is 2. The smallest absolute Gasteiger partial charge is 0.137 e. The number of nitrogens with zero attached hydrogens (tertiary/aromatic N) is 3. The van der Waals surface area contributed by atoms with Gasteiger partial charge < -0.3 is 5.32 Å². The molecule has 1 heterocycles. The lowest BCUT2D eigenvalue weighted by atomic mass is 10.1. The van der Waals surface area contributed by atoms with Gasteiger partial charge in [-0.3, -0.25) is 0 Å². The molecule has 0 bridgehead atoms. The Hall–Kier alpha value is -3.00. The zero-order valence-corrected chi connectivity index (χ0v) is 11.8.